The van der Waals surface area contributed by atoms with E-state index in [0.29, 0.717) is 5.56 Å². The van der Waals surface area contributed by atoms with Crippen molar-refractivity contribution in [2.45, 2.75) is 31.9 Å². The van der Waals surface area contributed by atoms with Gasteiger partial charge in [0.2, 0.25) is 0 Å². The van der Waals surface area contributed by atoms with Gasteiger partial charge >= 0.3 is 5.97 Å². The first-order valence-electron chi connectivity index (χ1n) is 10.4. The maximum absolute atomic E-state index is 13.0. The van der Waals surface area contributed by atoms with Crippen molar-refractivity contribution in [3.63, 3.8) is 0 Å². The van der Waals surface area contributed by atoms with Crippen molar-refractivity contribution in [3.8, 4) is 5.75 Å². The first-order chi connectivity index (χ1) is 14.6. The Morgan fingerprint density at radius 1 is 1.07 bits per heavy atom. The highest BCUT2D eigenvalue weighted by Crippen LogP contribution is 2.23. The van der Waals surface area contributed by atoms with Crippen LogP contribution in [-0.2, 0) is 11.3 Å². The van der Waals surface area contributed by atoms with Crippen LogP contribution in [0.25, 0.3) is 10.9 Å². The molecule has 5 nitrogen and oxygen atoms in total. The predicted molar refractivity (Wildman–Crippen MR) is 114 cm³/mol. The zero-order chi connectivity index (χ0) is 20.9. The third-order valence-corrected chi connectivity index (χ3v) is 5.72. The SMILES string of the molecule is COC(=O)c1cn(CCCN2CCC(Oc3ccc(F)cc3)CC2)c2ccccc12. The fourth-order valence-electron chi connectivity index (χ4n) is 4.13. The molecule has 0 bridgehead atoms. The van der Waals surface area contributed by atoms with E-state index in [0.717, 1.165) is 62.1 Å². The molecule has 0 spiro atoms. The van der Waals surface area contributed by atoms with Gasteiger partial charge in [-0.1, -0.05) is 18.2 Å². The van der Waals surface area contributed by atoms with Crippen LogP contribution >= 0.6 is 0 Å². The Balaban J connectivity index is 1.27. The first kappa shape index (κ1) is 20.4. The molecule has 2 aromatic carbocycles. The second-order valence-corrected chi connectivity index (χ2v) is 7.71. The van der Waals surface area contributed by atoms with Gasteiger partial charge in [-0.15, -0.1) is 0 Å². The Morgan fingerprint density at radius 2 is 1.80 bits per heavy atom. The van der Waals surface area contributed by atoms with E-state index in [4.69, 9.17) is 9.47 Å². The van der Waals surface area contributed by atoms with E-state index in [9.17, 15) is 9.18 Å². The number of carbonyl (C=O) groups is 1. The van der Waals surface area contributed by atoms with Crippen LogP contribution in [0.1, 0.15) is 29.6 Å². The number of piperidine rings is 1. The van der Waals surface area contributed by atoms with Gasteiger partial charge in [-0.25, -0.2) is 9.18 Å². The number of nitrogens with zero attached hydrogens (tertiary/aromatic N) is 2. The number of ether oxygens (including phenoxy) is 2. The Morgan fingerprint density at radius 3 is 2.53 bits per heavy atom. The number of rotatable bonds is 7. The molecular formula is C24H27FN2O3. The maximum Gasteiger partial charge on any atom is 0.340 e. The van der Waals surface area contributed by atoms with Gasteiger partial charge in [-0.05, 0) is 56.1 Å². The van der Waals surface area contributed by atoms with Gasteiger partial charge in [-0.2, -0.15) is 0 Å². The number of esters is 1. The molecule has 2 heterocycles. The minimum atomic E-state index is -0.298. The van der Waals surface area contributed by atoms with Crippen molar-refractivity contribution in [3.05, 3.63) is 66.1 Å². The second-order valence-electron chi connectivity index (χ2n) is 7.71. The summed E-state index contributed by atoms with van der Waals surface area (Å²) in [6, 6.07) is 14.2. The molecule has 0 saturated carbocycles. The van der Waals surface area contributed by atoms with E-state index in [-0.39, 0.29) is 17.9 Å². The van der Waals surface area contributed by atoms with Gasteiger partial charge in [0.25, 0.3) is 0 Å². The minimum Gasteiger partial charge on any atom is -0.490 e. The van der Waals surface area contributed by atoms with Crippen LogP contribution in [-0.4, -0.2) is 48.3 Å². The monoisotopic (exact) mass is 410 g/mol. The Bertz CT molecular complexity index is 991. The molecule has 6 heteroatoms. The smallest absolute Gasteiger partial charge is 0.340 e. The predicted octanol–water partition coefficient (Wildman–Crippen LogP) is 4.50. The van der Waals surface area contributed by atoms with Crippen molar-refractivity contribution < 1.29 is 18.7 Å². The lowest BCUT2D eigenvalue weighted by molar-refractivity contribution is 0.0602. The number of fused-ring (bicyclic) bond motifs is 1. The number of para-hydroxylation sites is 1. The zero-order valence-electron chi connectivity index (χ0n) is 17.2. The van der Waals surface area contributed by atoms with Gasteiger partial charge in [0.05, 0.1) is 12.7 Å². The molecule has 0 unspecified atom stereocenters. The summed E-state index contributed by atoms with van der Waals surface area (Å²) in [7, 11) is 1.41. The highest BCUT2D eigenvalue weighted by atomic mass is 19.1. The summed E-state index contributed by atoms with van der Waals surface area (Å²) in [4.78, 5) is 14.5. The van der Waals surface area contributed by atoms with Gasteiger partial charge in [-0.3, -0.25) is 0 Å². The molecule has 0 amide bonds. The molecule has 30 heavy (non-hydrogen) atoms. The van der Waals surface area contributed by atoms with Crippen molar-refractivity contribution in [1.82, 2.24) is 9.47 Å². The maximum atomic E-state index is 13.0. The van der Waals surface area contributed by atoms with Crippen molar-refractivity contribution in [1.29, 1.82) is 0 Å². The van der Waals surface area contributed by atoms with E-state index in [1.54, 1.807) is 12.1 Å². The number of methoxy groups -OCH3 is 1. The van der Waals surface area contributed by atoms with Gasteiger partial charge in [0.1, 0.15) is 17.7 Å². The third kappa shape index (κ3) is 4.65. The summed E-state index contributed by atoms with van der Waals surface area (Å²) in [5.41, 5.74) is 1.68. The number of halogens is 1. The van der Waals surface area contributed by atoms with Crippen molar-refractivity contribution >= 4 is 16.9 Å². The normalized spacial score (nSPS) is 15.4. The van der Waals surface area contributed by atoms with Crippen molar-refractivity contribution in [2.75, 3.05) is 26.7 Å². The number of carbonyl (C=O) groups excluding carboxylic acids is 1. The Labute approximate surface area is 176 Å². The molecule has 1 saturated heterocycles. The standard InChI is InChI=1S/C24H27FN2O3/c1-29-24(28)22-17-27(23-6-3-2-5-21(22)23)14-4-13-26-15-11-20(12-16-26)30-19-9-7-18(25)8-10-19/h2-3,5-10,17,20H,4,11-16H2,1H3. The Kier molecular flexibility index (Phi) is 6.33. The zero-order valence-corrected chi connectivity index (χ0v) is 17.2. The van der Waals surface area contributed by atoms with Gasteiger partial charge < -0.3 is 18.9 Å². The molecule has 158 valence electrons. The molecule has 1 aliphatic rings. The highest BCUT2D eigenvalue weighted by molar-refractivity contribution is 6.04. The molecule has 1 aliphatic heterocycles. The summed E-state index contributed by atoms with van der Waals surface area (Å²) in [6.07, 6.45) is 5.03. The lowest BCUT2D eigenvalue weighted by Crippen LogP contribution is -2.38. The lowest BCUT2D eigenvalue weighted by Gasteiger charge is -2.32. The second kappa shape index (κ2) is 9.30. The molecule has 1 fully saturated rings. The summed E-state index contributed by atoms with van der Waals surface area (Å²) >= 11 is 0. The number of aryl methyl sites for hydroxylation is 1. The number of aromatic nitrogens is 1. The van der Waals surface area contributed by atoms with Crippen LogP contribution in [0.5, 0.6) is 5.75 Å². The van der Waals surface area contributed by atoms with E-state index in [1.165, 1.54) is 19.2 Å². The molecule has 0 N–H and O–H groups in total. The largest absolute Gasteiger partial charge is 0.490 e. The molecule has 4 rings (SSSR count). The van der Waals surface area contributed by atoms with Crippen LogP contribution in [0.2, 0.25) is 0 Å². The first-order valence-corrected chi connectivity index (χ1v) is 10.4. The van der Waals surface area contributed by atoms with E-state index in [2.05, 4.69) is 9.47 Å². The Hall–Kier alpha value is -2.86. The van der Waals surface area contributed by atoms with Crippen LogP contribution in [0.3, 0.4) is 0 Å². The molecule has 0 atom stereocenters. The van der Waals surface area contributed by atoms with Crippen LogP contribution in [0.4, 0.5) is 4.39 Å². The summed E-state index contributed by atoms with van der Waals surface area (Å²) in [5, 5.41) is 0.933. The van der Waals surface area contributed by atoms with Gasteiger partial charge in [0, 0.05) is 36.7 Å². The number of likely N-dealkylation sites (tertiary alicyclic amines) is 1. The van der Waals surface area contributed by atoms with E-state index >= 15 is 0 Å². The fourth-order valence-corrected chi connectivity index (χ4v) is 4.13. The highest BCUT2D eigenvalue weighted by Gasteiger charge is 2.20. The summed E-state index contributed by atoms with van der Waals surface area (Å²) in [5.74, 6) is 0.190. The van der Waals surface area contributed by atoms with Crippen LogP contribution < -0.4 is 4.74 Å². The fraction of sp³-hybridized carbons (Fsp3) is 0.375. The molecule has 0 aliphatic carbocycles. The summed E-state index contributed by atoms with van der Waals surface area (Å²) in [6.45, 7) is 3.84. The van der Waals surface area contributed by atoms with Crippen molar-refractivity contribution in [2.24, 2.45) is 0 Å². The number of benzene rings is 2. The average Bonchev–Trinajstić information content (AvgIpc) is 3.15. The molecule has 3 aromatic rings. The van der Waals surface area contributed by atoms with Gasteiger partial charge in [0.15, 0.2) is 0 Å². The molecule has 1 aromatic heterocycles. The average molecular weight is 410 g/mol. The van der Waals surface area contributed by atoms with E-state index < -0.39 is 0 Å². The lowest BCUT2D eigenvalue weighted by atomic mass is 10.1. The summed E-state index contributed by atoms with van der Waals surface area (Å²) < 4.78 is 26.1. The van der Waals surface area contributed by atoms with Crippen LogP contribution in [0.15, 0.2) is 54.7 Å². The number of hydrogen-bond donors (Lipinski definition) is 0. The quantitative estimate of drug-likeness (QED) is 0.538. The minimum absolute atomic E-state index is 0.183. The van der Waals surface area contributed by atoms with E-state index in [1.807, 2.05) is 30.5 Å². The molecule has 0 radical (unpaired) electrons. The van der Waals surface area contributed by atoms with Crippen LogP contribution in [0, 0.1) is 5.82 Å². The third-order valence-electron chi connectivity index (χ3n) is 5.72. The topological polar surface area (TPSA) is 43.7 Å². The molecular weight excluding hydrogens is 383 g/mol. The number of hydrogen-bond acceptors (Lipinski definition) is 4.